The van der Waals surface area contributed by atoms with Crippen molar-refractivity contribution in [3.05, 3.63) is 205 Å². The van der Waals surface area contributed by atoms with Gasteiger partial charge in [0, 0.05) is 95.8 Å². The van der Waals surface area contributed by atoms with E-state index in [4.69, 9.17) is 0 Å². The molecule has 0 radical (unpaired) electrons. The highest BCUT2D eigenvalue weighted by molar-refractivity contribution is 6.24. The molecular formula is C58H38N6. The van der Waals surface area contributed by atoms with Crippen LogP contribution >= 0.6 is 0 Å². The molecule has 0 amide bonds. The van der Waals surface area contributed by atoms with Gasteiger partial charge in [0.05, 0.1) is 38.6 Å². The number of rotatable bonds is 5. The van der Waals surface area contributed by atoms with Crippen molar-refractivity contribution in [2.24, 2.45) is 0 Å². The largest absolute Gasteiger partial charge is 0.307 e. The third-order valence-electron chi connectivity index (χ3n) is 13.6. The van der Waals surface area contributed by atoms with Crippen molar-refractivity contribution >= 4 is 88.5 Å². The van der Waals surface area contributed by atoms with Crippen LogP contribution in [0.25, 0.3) is 122 Å². The molecule has 1 aliphatic rings. The molecule has 0 bridgehead atoms. The summed E-state index contributed by atoms with van der Waals surface area (Å²) in [4.78, 5) is 8.81. The second-order valence-corrected chi connectivity index (χ2v) is 16.9. The molecule has 6 heterocycles. The van der Waals surface area contributed by atoms with Crippen molar-refractivity contribution in [2.45, 2.75) is 12.8 Å². The number of hydrogen-bond donors (Lipinski definition) is 0. The molecule has 0 saturated heterocycles. The lowest BCUT2D eigenvalue weighted by atomic mass is 10.0. The molecule has 14 rings (SSSR count). The summed E-state index contributed by atoms with van der Waals surface area (Å²) in [6.07, 6.45) is 14.5. The zero-order chi connectivity index (χ0) is 41.9. The summed E-state index contributed by atoms with van der Waals surface area (Å²) < 4.78 is 9.85. The van der Waals surface area contributed by atoms with Gasteiger partial charge in [-0.05, 0) is 96.8 Å². The van der Waals surface area contributed by atoms with E-state index in [1.165, 1.54) is 98.0 Å². The first-order valence-corrected chi connectivity index (χ1v) is 22.0. The number of para-hydroxylation sites is 2. The van der Waals surface area contributed by atoms with Crippen LogP contribution in [0.15, 0.2) is 195 Å². The summed E-state index contributed by atoms with van der Waals surface area (Å²) in [6.45, 7) is 0. The Balaban J connectivity index is 1.07. The van der Waals surface area contributed by atoms with Crippen molar-refractivity contribution in [1.82, 2.24) is 28.2 Å². The smallest absolute Gasteiger partial charge is 0.0788 e. The zero-order valence-electron chi connectivity index (χ0n) is 34.7. The fraction of sp³-hybridized carbons (Fsp3) is 0.0345. The lowest BCUT2D eigenvalue weighted by Crippen LogP contribution is -2.30. The van der Waals surface area contributed by atoms with Gasteiger partial charge in [0.1, 0.15) is 0 Å². The predicted octanol–water partition coefficient (Wildman–Crippen LogP) is 12.7. The fourth-order valence-corrected chi connectivity index (χ4v) is 10.9. The Bertz CT molecular complexity index is 4150. The molecule has 6 nitrogen and oxygen atoms in total. The lowest BCUT2D eigenvalue weighted by Gasteiger charge is -2.15. The molecule has 1 aliphatic carbocycles. The minimum absolute atomic E-state index is 1.01. The Kier molecular flexibility index (Phi) is 7.42. The van der Waals surface area contributed by atoms with Gasteiger partial charge in [-0.3, -0.25) is 9.97 Å². The highest BCUT2D eigenvalue weighted by Crippen LogP contribution is 2.43. The minimum atomic E-state index is 1.01. The minimum Gasteiger partial charge on any atom is -0.307 e. The average molecular weight is 819 g/mol. The van der Waals surface area contributed by atoms with Gasteiger partial charge in [-0.15, -0.1) is 0 Å². The molecule has 0 atom stereocenters. The Hall–Kier alpha value is -8.48. The van der Waals surface area contributed by atoms with E-state index in [2.05, 4.69) is 210 Å². The Morgan fingerprint density at radius 1 is 0.312 bits per heavy atom. The van der Waals surface area contributed by atoms with Crippen molar-refractivity contribution in [3.8, 4) is 33.9 Å². The van der Waals surface area contributed by atoms with Crippen molar-refractivity contribution in [2.75, 3.05) is 0 Å². The zero-order valence-corrected chi connectivity index (χ0v) is 34.7. The van der Waals surface area contributed by atoms with Crippen LogP contribution in [-0.2, 0) is 0 Å². The number of nitrogens with zero attached hydrogens (tertiary/aromatic N) is 6. The number of hydrogen-bond acceptors (Lipinski definition) is 2. The maximum Gasteiger partial charge on any atom is 0.0788 e. The van der Waals surface area contributed by atoms with Gasteiger partial charge < -0.3 is 18.3 Å². The molecule has 6 aromatic heterocycles. The van der Waals surface area contributed by atoms with Crippen LogP contribution in [0.3, 0.4) is 0 Å². The van der Waals surface area contributed by atoms with Gasteiger partial charge in [-0.1, -0.05) is 109 Å². The van der Waals surface area contributed by atoms with Gasteiger partial charge in [0.25, 0.3) is 0 Å². The molecule has 300 valence electrons. The first kappa shape index (κ1) is 35.2. The SMILES string of the molecule is C1=c2c(n(-c3ccncc3)c3c2ccc2c4cc(-c5ccccc5)ccc4n(-c4ccc(-n5c6ccccc6c6ccc7c8ccccc8n(-c8ccncc8)c7c65)cc4)c23)=CCC1. The van der Waals surface area contributed by atoms with Gasteiger partial charge in [0.2, 0.25) is 0 Å². The van der Waals surface area contributed by atoms with E-state index in [9.17, 15) is 0 Å². The second kappa shape index (κ2) is 13.5. The van der Waals surface area contributed by atoms with Crippen LogP contribution < -0.4 is 10.6 Å². The monoisotopic (exact) mass is 818 g/mol. The molecule has 0 aliphatic heterocycles. The average Bonchev–Trinajstić information content (AvgIpc) is 4.10. The molecule has 64 heavy (non-hydrogen) atoms. The maximum absolute atomic E-state index is 4.42. The van der Waals surface area contributed by atoms with E-state index in [-0.39, 0.29) is 0 Å². The molecule has 0 unspecified atom stereocenters. The summed E-state index contributed by atoms with van der Waals surface area (Å²) >= 11 is 0. The molecule has 0 N–H and O–H groups in total. The molecule has 6 heteroatoms. The number of benzene rings is 7. The van der Waals surface area contributed by atoms with Crippen LogP contribution in [0.2, 0.25) is 0 Å². The summed E-state index contributed by atoms with van der Waals surface area (Å²) in [5.74, 6) is 0. The van der Waals surface area contributed by atoms with E-state index in [1.807, 2.05) is 24.8 Å². The van der Waals surface area contributed by atoms with E-state index in [1.54, 1.807) is 0 Å². The lowest BCUT2D eigenvalue weighted by molar-refractivity contribution is 1.02. The summed E-state index contributed by atoms with van der Waals surface area (Å²) in [7, 11) is 0. The van der Waals surface area contributed by atoms with E-state index in [0.29, 0.717) is 0 Å². The predicted molar refractivity (Wildman–Crippen MR) is 265 cm³/mol. The Labute approximate surface area is 367 Å². The third kappa shape index (κ3) is 4.90. The molecule has 13 aromatic rings. The summed E-state index contributed by atoms with van der Waals surface area (Å²) in [6, 6.07) is 62.3. The van der Waals surface area contributed by atoms with Gasteiger partial charge in [-0.25, -0.2) is 0 Å². The van der Waals surface area contributed by atoms with Crippen molar-refractivity contribution < 1.29 is 0 Å². The third-order valence-corrected chi connectivity index (χ3v) is 13.6. The molecule has 0 saturated carbocycles. The second-order valence-electron chi connectivity index (χ2n) is 16.9. The van der Waals surface area contributed by atoms with Crippen LogP contribution in [0.1, 0.15) is 12.8 Å². The molecule has 0 fully saturated rings. The normalized spacial score (nSPS) is 12.8. The fourth-order valence-electron chi connectivity index (χ4n) is 10.9. The first-order valence-electron chi connectivity index (χ1n) is 22.0. The highest BCUT2D eigenvalue weighted by Gasteiger charge is 2.24. The van der Waals surface area contributed by atoms with Crippen LogP contribution in [-0.4, -0.2) is 28.2 Å². The van der Waals surface area contributed by atoms with Crippen LogP contribution in [0, 0.1) is 0 Å². The van der Waals surface area contributed by atoms with Crippen molar-refractivity contribution in [3.63, 3.8) is 0 Å². The highest BCUT2D eigenvalue weighted by atomic mass is 15.1. The number of aromatic nitrogens is 6. The van der Waals surface area contributed by atoms with Gasteiger partial charge in [-0.2, -0.15) is 0 Å². The van der Waals surface area contributed by atoms with E-state index in [0.717, 1.165) is 35.6 Å². The molecular weight excluding hydrogens is 781 g/mol. The molecule has 7 aromatic carbocycles. The van der Waals surface area contributed by atoms with Crippen molar-refractivity contribution in [1.29, 1.82) is 0 Å². The summed E-state index contributed by atoms with van der Waals surface area (Å²) in [5, 5.41) is 11.2. The topological polar surface area (TPSA) is 45.5 Å². The van der Waals surface area contributed by atoms with Gasteiger partial charge in [0.15, 0.2) is 0 Å². The summed E-state index contributed by atoms with van der Waals surface area (Å²) in [5.41, 5.74) is 15.1. The van der Waals surface area contributed by atoms with E-state index >= 15 is 0 Å². The quantitative estimate of drug-likeness (QED) is 0.174. The first-order chi connectivity index (χ1) is 31.8. The van der Waals surface area contributed by atoms with Crippen LogP contribution in [0.5, 0.6) is 0 Å². The number of fused-ring (bicyclic) bond motifs is 14. The van der Waals surface area contributed by atoms with E-state index < -0.39 is 0 Å². The maximum atomic E-state index is 4.42. The number of pyridine rings is 2. The van der Waals surface area contributed by atoms with Gasteiger partial charge >= 0.3 is 0 Å². The Morgan fingerprint density at radius 3 is 1.36 bits per heavy atom. The Morgan fingerprint density at radius 2 is 0.766 bits per heavy atom. The van der Waals surface area contributed by atoms with Crippen LogP contribution in [0.4, 0.5) is 0 Å². The molecule has 0 spiro atoms. The standard InChI is InChI=1S/C58H38N6/c1-2-10-37(11-3-1)38-18-27-54-50(36-38)49-26-25-48-45-14-6-9-17-53(45)64(42-30-34-60-35-31-42)57(48)58(49)62(54)40-21-19-39(20-22-40)61-51-15-7-4-12-43(51)46-23-24-47-44-13-5-8-16-52(44)63(56(47)55(46)61)41-28-32-59-33-29-41/h1-5,7-8,10-36H,6,9H2.